The number of aliphatic hydroxyl groups is 5. The molecule has 1 amide bonds. The minimum atomic E-state index is -1.63. The van der Waals surface area contributed by atoms with Crippen molar-refractivity contribution in [1.82, 2.24) is 5.32 Å². The standard InChI is InChI=1S/C67H111NO10/c1-4-7-10-13-16-19-22-24-25-26-27-28-29-30-31-32-33-34-35-37-40-43-46-49-52-55-62(72)78-65-64(74)63(73)61(56-69)77-67(65)76-57-58(59(70)53-50-47-44-41-38-21-18-15-12-9-6-3)68-66(75)60(71)54-51-48-45-42-39-36-23-20-17-14-11-8-5-2/h7-8,10-11,16-17,19-20,24-25,27-28,30-31,33-34,36,39,50,53,58-61,63-65,67,69-71,73-74H,4-6,9,12-15,18,21-23,26,29,32,35,37-38,40-49,51-52,54-57H2,1-3H3,(H,68,75)/b10-7-,11-8+,19-16-,20-17+,25-24-,28-27-,31-30-,34-33-,39-36+,53-50+. The summed E-state index contributed by atoms with van der Waals surface area (Å²) in [5, 5.41) is 56.9. The molecule has 0 saturated carbocycles. The summed E-state index contributed by atoms with van der Waals surface area (Å²) in [4.78, 5) is 26.5. The van der Waals surface area contributed by atoms with Crippen molar-refractivity contribution in [3.05, 3.63) is 122 Å². The van der Waals surface area contributed by atoms with Gasteiger partial charge in [0.1, 0.15) is 24.4 Å². The first-order valence-electron chi connectivity index (χ1n) is 30.8. The number of nitrogens with one attached hydrogen (secondary N) is 1. The minimum Gasteiger partial charge on any atom is -0.454 e. The Hall–Kier alpha value is -3.94. The molecule has 1 saturated heterocycles. The molecular formula is C67H111NO10. The van der Waals surface area contributed by atoms with Gasteiger partial charge in [0, 0.05) is 6.42 Å². The zero-order valence-electron chi connectivity index (χ0n) is 49.0. The molecule has 0 radical (unpaired) electrons. The first-order valence-corrected chi connectivity index (χ1v) is 30.8. The Labute approximate surface area is 474 Å². The van der Waals surface area contributed by atoms with E-state index in [2.05, 4.69) is 135 Å². The van der Waals surface area contributed by atoms with Crippen LogP contribution in [0.5, 0.6) is 0 Å². The number of hydrogen-bond donors (Lipinski definition) is 6. The van der Waals surface area contributed by atoms with Gasteiger partial charge in [0.15, 0.2) is 12.4 Å². The molecule has 78 heavy (non-hydrogen) atoms. The first-order chi connectivity index (χ1) is 38.2. The molecule has 0 aromatic heterocycles. The van der Waals surface area contributed by atoms with Crippen LogP contribution in [-0.2, 0) is 23.8 Å². The Morgan fingerprint density at radius 3 is 1.38 bits per heavy atom. The van der Waals surface area contributed by atoms with E-state index in [0.717, 1.165) is 141 Å². The maximum absolute atomic E-state index is 13.4. The Kier molecular flexibility index (Phi) is 49.6. The zero-order chi connectivity index (χ0) is 56.8. The number of amides is 1. The largest absolute Gasteiger partial charge is 0.454 e. The predicted octanol–water partition coefficient (Wildman–Crippen LogP) is 14.7. The van der Waals surface area contributed by atoms with Crippen LogP contribution in [0.15, 0.2) is 122 Å². The highest BCUT2D eigenvalue weighted by molar-refractivity contribution is 5.80. The van der Waals surface area contributed by atoms with Gasteiger partial charge in [-0.15, -0.1) is 0 Å². The average Bonchev–Trinajstić information content (AvgIpc) is 3.44. The molecule has 1 aliphatic rings. The van der Waals surface area contributed by atoms with E-state index in [1.165, 1.54) is 38.5 Å². The van der Waals surface area contributed by atoms with E-state index < -0.39 is 67.4 Å². The van der Waals surface area contributed by atoms with Gasteiger partial charge in [0.2, 0.25) is 5.91 Å². The summed E-state index contributed by atoms with van der Waals surface area (Å²) in [6, 6.07) is -1.05. The highest BCUT2D eigenvalue weighted by Crippen LogP contribution is 2.26. The number of rotatable bonds is 50. The summed E-state index contributed by atoms with van der Waals surface area (Å²) >= 11 is 0. The molecule has 11 nitrogen and oxygen atoms in total. The van der Waals surface area contributed by atoms with E-state index in [4.69, 9.17) is 14.2 Å². The lowest BCUT2D eigenvalue weighted by Crippen LogP contribution is -2.61. The van der Waals surface area contributed by atoms with E-state index in [1.807, 2.05) is 6.08 Å². The summed E-state index contributed by atoms with van der Waals surface area (Å²) in [5.41, 5.74) is 0. The number of carbonyl (C=O) groups is 2. The van der Waals surface area contributed by atoms with E-state index in [1.54, 1.807) is 6.08 Å². The van der Waals surface area contributed by atoms with Crippen molar-refractivity contribution in [3.8, 4) is 0 Å². The van der Waals surface area contributed by atoms with Crippen LogP contribution in [0, 0.1) is 0 Å². The number of ether oxygens (including phenoxy) is 3. The minimum absolute atomic E-state index is 0.0960. The molecule has 1 fully saturated rings. The lowest BCUT2D eigenvalue weighted by atomic mass is 9.99. The van der Waals surface area contributed by atoms with Crippen LogP contribution in [0.1, 0.15) is 226 Å². The molecule has 444 valence electrons. The van der Waals surface area contributed by atoms with Gasteiger partial charge in [-0.3, -0.25) is 9.59 Å². The van der Waals surface area contributed by atoms with Crippen molar-refractivity contribution in [2.45, 2.75) is 275 Å². The van der Waals surface area contributed by atoms with E-state index in [9.17, 15) is 35.1 Å². The third kappa shape index (κ3) is 41.1. The zero-order valence-corrected chi connectivity index (χ0v) is 49.0. The maximum atomic E-state index is 13.4. The van der Waals surface area contributed by atoms with Gasteiger partial charge >= 0.3 is 5.97 Å². The fourth-order valence-corrected chi connectivity index (χ4v) is 8.78. The average molecular weight is 1090 g/mol. The van der Waals surface area contributed by atoms with Gasteiger partial charge in [-0.25, -0.2) is 0 Å². The number of allylic oxidation sites excluding steroid dienone is 19. The second-order valence-electron chi connectivity index (χ2n) is 20.7. The summed E-state index contributed by atoms with van der Waals surface area (Å²) in [6.07, 6.45) is 63.8. The molecule has 0 aromatic rings. The van der Waals surface area contributed by atoms with E-state index in [-0.39, 0.29) is 19.4 Å². The number of carbonyl (C=O) groups excluding carboxylic acids is 2. The number of hydrogen-bond acceptors (Lipinski definition) is 10. The van der Waals surface area contributed by atoms with Crippen molar-refractivity contribution in [1.29, 1.82) is 0 Å². The SMILES string of the molecule is CC/C=C\C/C=C\C/C=C\C/C=C\C/C=C\C/C=C\CCCCCCCCC(=O)OC1C(OCC(NC(=O)C(O)CCCCC/C=C/C/C=C/C/C=C/CC)C(O)/C=C/CCCCCCCCCCC)OC(CO)C(O)C1O. The molecule has 6 N–H and O–H groups in total. The molecule has 1 heterocycles. The molecular weight excluding hydrogens is 979 g/mol. The number of aliphatic hydroxyl groups excluding tert-OH is 5. The Bertz CT molecular complexity index is 1730. The Morgan fingerprint density at radius 2 is 0.923 bits per heavy atom. The lowest BCUT2D eigenvalue weighted by molar-refractivity contribution is -0.305. The highest BCUT2D eigenvalue weighted by Gasteiger charge is 2.47. The van der Waals surface area contributed by atoms with Gasteiger partial charge in [0.25, 0.3) is 0 Å². The molecule has 1 rings (SSSR count). The maximum Gasteiger partial charge on any atom is 0.306 e. The fraction of sp³-hybridized carbons (Fsp3) is 0.672. The fourth-order valence-electron chi connectivity index (χ4n) is 8.78. The third-order valence-corrected chi connectivity index (χ3v) is 13.6. The van der Waals surface area contributed by atoms with Crippen LogP contribution >= 0.6 is 0 Å². The quantitative estimate of drug-likeness (QED) is 0.0195. The molecule has 11 heteroatoms. The normalized spacial score (nSPS) is 19.8. The van der Waals surface area contributed by atoms with Crippen LogP contribution in [0.3, 0.4) is 0 Å². The van der Waals surface area contributed by atoms with E-state index in [0.29, 0.717) is 12.8 Å². The van der Waals surface area contributed by atoms with Crippen LogP contribution in [0.25, 0.3) is 0 Å². The van der Waals surface area contributed by atoms with Gasteiger partial charge in [0.05, 0.1) is 25.4 Å². The molecule has 8 unspecified atom stereocenters. The summed E-state index contributed by atoms with van der Waals surface area (Å²) in [6.45, 7) is 5.51. The predicted molar refractivity (Wildman–Crippen MR) is 324 cm³/mol. The van der Waals surface area contributed by atoms with Gasteiger partial charge in [-0.05, 0) is 109 Å². The van der Waals surface area contributed by atoms with Crippen LogP contribution in [0.2, 0.25) is 0 Å². The van der Waals surface area contributed by atoms with Crippen LogP contribution in [0.4, 0.5) is 0 Å². The van der Waals surface area contributed by atoms with Gasteiger partial charge < -0.3 is 45.1 Å². The van der Waals surface area contributed by atoms with Crippen molar-refractivity contribution in [2.24, 2.45) is 0 Å². The van der Waals surface area contributed by atoms with Crippen molar-refractivity contribution in [2.75, 3.05) is 13.2 Å². The molecule has 8 atom stereocenters. The Balaban J connectivity index is 2.64. The van der Waals surface area contributed by atoms with Crippen molar-refractivity contribution in [3.63, 3.8) is 0 Å². The molecule has 1 aliphatic heterocycles. The summed E-state index contributed by atoms with van der Waals surface area (Å²) < 4.78 is 17.6. The monoisotopic (exact) mass is 1090 g/mol. The van der Waals surface area contributed by atoms with Gasteiger partial charge in [-0.1, -0.05) is 232 Å². The van der Waals surface area contributed by atoms with E-state index >= 15 is 0 Å². The molecule has 0 bridgehead atoms. The highest BCUT2D eigenvalue weighted by atomic mass is 16.7. The van der Waals surface area contributed by atoms with Crippen molar-refractivity contribution >= 4 is 11.9 Å². The molecule has 0 spiro atoms. The smallest absolute Gasteiger partial charge is 0.306 e. The lowest BCUT2D eigenvalue weighted by Gasteiger charge is -2.41. The van der Waals surface area contributed by atoms with Crippen LogP contribution < -0.4 is 5.32 Å². The van der Waals surface area contributed by atoms with Gasteiger partial charge in [-0.2, -0.15) is 0 Å². The second kappa shape index (κ2) is 53.7. The number of unbranched alkanes of at least 4 members (excludes halogenated alkanes) is 18. The first kappa shape index (κ1) is 72.1. The topological polar surface area (TPSA) is 175 Å². The molecule has 0 aliphatic carbocycles. The Morgan fingerprint density at radius 1 is 0.513 bits per heavy atom. The van der Waals surface area contributed by atoms with Crippen molar-refractivity contribution < 1.29 is 49.3 Å². The summed E-state index contributed by atoms with van der Waals surface area (Å²) in [5.74, 6) is -1.24. The number of esters is 1. The van der Waals surface area contributed by atoms with Crippen LogP contribution in [-0.4, -0.2) is 99.6 Å². The third-order valence-electron chi connectivity index (χ3n) is 13.6. The second-order valence-corrected chi connectivity index (χ2v) is 20.7. The molecule has 0 aromatic carbocycles. The summed E-state index contributed by atoms with van der Waals surface area (Å²) in [7, 11) is 0.